The molecule has 3 rings (SSSR count). The molecule has 0 atom stereocenters. The number of rotatable bonds is 2. The van der Waals surface area contributed by atoms with Crippen LogP contribution in [-0.2, 0) is 0 Å². The first-order chi connectivity index (χ1) is 9.74. The number of thioether (sulfide) groups is 1. The maximum atomic E-state index is 4.37. The van der Waals surface area contributed by atoms with Crippen LogP contribution in [0.3, 0.4) is 0 Å². The van der Waals surface area contributed by atoms with Crippen LogP contribution < -0.4 is 10.2 Å². The van der Waals surface area contributed by atoms with E-state index in [0.29, 0.717) is 0 Å². The van der Waals surface area contributed by atoms with E-state index in [4.69, 9.17) is 0 Å². The van der Waals surface area contributed by atoms with Gasteiger partial charge in [0, 0.05) is 24.3 Å². The Balaban J connectivity index is 2.07. The molecule has 0 aliphatic carbocycles. The van der Waals surface area contributed by atoms with Crippen LogP contribution in [0.5, 0.6) is 0 Å². The molecule has 0 radical (unpaired) electrons. The summed E-state index contributed by atoms with van der Waals surface area (Å²) in [5.41, 5.74) is 3.39. The van der Waals surface area contributed by atoms with Gasteiger partial charge < -0.3 is 10.2 Å². The Morgan fingerprint density at radius 1 is 1.30 bits per heavy atom. The minimum Gasteiger partial charge on any atom is -0.335 e. The molecule has 20 heavy (non-hydrogen) atoms. The minimum absolute atomic E-state index is 0.797. The molecule has 0 saturated carbocycles. The molecule has 1 N–H and O–H groups in total. The number of anilines is 4. The predicted molar refractivity (Wildman–Crippen MR) is 87.0 cm³/mol. The van der Waals surface area contributed by atoms with E-state index in [1.807, 2.05) is 7.05 Å². The standard InChI is InChI=1S/C15H16N4S/c1-4-13(20-3)10-5-6-12-11(9-10)18-14-15(19(12)2)17-8-7-16-14/h4-9H,1-3H3,(H,16,18). The van der Waals surface area contributed by atoms with Crippen molar-refractivity contribution in [3.05, 3.63) is 42.2 Å². The van der Waals surface area contributed by atoms with Gasteiger partial charge in [-0.3, -0.25) is 0 Å². The summed E-state index contributed by atoms with van der Waals surface area (Å²) in [6.45, 7) is 2.06. The molecule has 0 bridgehead atoms. The molecule has 2 aromatic rings. The molecule has 0 saturated heterocycles. The van der Waals surface area contributed by atoms with Crippen molar-refractivity contribution in [2.75, 3.05) is 23.5 Å². The largest absolute Gasteiger partial charge is 0.335 e. The van der Waals surface area contributed by atoms with Gasteiger partial charge in [-0.1, -0.05) is 12.1 Å². The van der Waals surface area contributed by atoms with Crippen molar-refractivity contribution >= 4 is 39.7 Å². The quantitative estimate of drug-likeness (QED) is 0.902. The van der Waals surface area contributed by atoms with Crippen molar-refractivity contribution in [3.8, 4) is 0 Å². The molecule has 102 valence electrons. The first-order valence-electron chi connectivity index (χ1n) is 6.41. The molecule has 1 aromatic carbocycles. The highest BCUT2D eigenvalue weighted by Crippen LogP contribution is 2.41. The maximum Gasteiger partial charge on any atom is 0.176 e. The summed E-state index contributed by atoms with van der Waals surface area (Å²) in [5.74, 6) is 1.65. The Morgan fingerprint density at radius 3 is 2.85 bits per heavy atom. The highest BCUT2D eigenvalue weighted by atomic mass is 32.2. The summed E-state index contributed by atoms with van der Waals surface area (Å²) in [5, 5.41) is 3.36. The Hall–Kier alpha value is -2.01. The molecule has 2 heterocycles. The third-order valence-corrected chi connectivity index (χ3v) is 4.29. The van der Waals surface area contributed by atoms with E-state index in [2.05, 4.69) is 57.6 Å². The lowest BCUT2D eigenvalue weighted by Crippen LogP contribution is -2.19. The van der Waals surface area contributed by atoms with E-state index in [1.54, 1.807) is 24.2 Å². The number of nitrogens with one attached hydrogen (secondary N) is 1. The fourth-order valence-electron chi connectivity index (χ4n) is 2.39. The molecule has 4 nitrogen and oxygen atoms in total. The van der Waals surface area contributed by atoms with E-state index in [0.717, 1.165) is 23.0 Å². The van der Waals surface area contributed by atoms with Crippen molar-refractivity contribution < 1.29 is 0 Å². The van der Waals surface area contributed by atoms with Gasteiger partial charge in [-0.05, 0) is 30.9 Å². The fraction of sp³-hybridized carbons (Fsp3) is 0.200. The fourth-order valence-corrected chi connectivity index (χ4v) is 2.99. The van der Waals surface area contributed by atoms with Crippen molar-refractivity contribution in [3.63, 3.8) is 0 Å². The average Bonchev–Trinajstić information content (AvgIpc) is 2.48. The molecular formula is C15H16N4S. The van der Waals surface area contributed by atoms with Gasteiger partial charge in [0.15, 0.2) is 11.6 Å². The SMILES string of the molecule is CC=C(SC)c1ccc2c(c1)Nc1nccnc1N2C. The molecule has 0 unspecified atom stereocenters. The maximum absolute atomic E-state index is 4.37. The smallest absolute Gasteiger partial charge is 0.176 e. The molecule has 0 fully saturated rings. The number of fused-ring (bicyclic) bond motifs is 2. The van der Waals surface area contributed by atoms with E-state index < -0.39 is 0 Å². The van der Waals surface area contributed by atoms with Gasteiger partial charge >= 0.3 is 0 Å². The lowest BCUT2D eigenvalue weighted by Gasteiger charge is -2.29. The number of allylic oxidation sites excluding steroid dienone is 1. The Morgan fingerprint density at radius 2 is 2.10 bits per heavy atom. The van der Waals surface area contributed by atoms with Crippen LogP contribution in [-0.4, -0.2) is 23.3 Å². The van der Waals surface area contributed by atoms with Crippen LogP contribution in [0, 0.1) is 0 Å². The van der Waals surface area contributed by atoms with Crippen molar-refractivity contribution in [2.24, 2.45) is 0 Å². The van der Waals surface area contributed by atoms with Crippen molar-refractivity contribution in [1.82, 2.24) is 9.97 Å². The molecule has 0 amide bonds. The first kappa shape index (κ1) is 13.0. The highest BCUT2D eigenvalue weighted by Gasteiger charge is 2.21. The number of nitrogens with zero attached hydrogens (tertiary/aromatic N) is 3. The summed E-state index contributed by atoms with van der Waals surface area (Å²) in [6.07, 6.45) is 7.64. The van der Waals surface area contributed by atoms with E-state index in [-0.39, 0.29) is 0 Å². The third-order valence-electron chi connectivity index (χ3n) is 3.37. The monoisotopic (exact) mass is 284 g/mol. The van der Waals surface area contributed by atoms with Crippen LogP contribution in [0.4, 0.5) is 23.0 Å². The number of benzene rings is 1. The average molecular weight is 284 g/mol. The second-order valence-corrected chi connectivity index (χ2v) is 5.35. The van der Waals surface area contributed by atoms with Gasteiger partial charge in [0.1, 0.15) is 0 Å². The molecule has 1 aliphatic heterocycles. The number of hydrogen-bond acceptors (Lipinski definition) is 5. The topological polar surface area (TPSA) is 41.1 Å². The van der Waals surface area contributed by atoms with Gasteiger partial charge in [0.2, 0.25) is 0 Å². The minimum atomic E-state index is 0.797. The Kier molecular flexibility index (Phi) is 3.36. The van der Waals surface area contributed by atoms with E-state index in [1.165, 1.54) is 10.5 Å². The van der Waals surface area contributed by atoms with Crippen molar-refractivity contribution in [1.29, 1.82) is 0 Å². The van der Waals surface area contributed by atoms with Crippen LogP contribution in [0.2, 0.25) is 0 Å². The van der Waals surface area contributed by atoms with Gasteiger partial charge in [-0.2, -0.15) is 0 Å². The van der Waals surface area contributed by atoms with E-state index in [9.17, 15) is 0 Å². The summed E-state index contributed by atoms with van der Waals surface area (Å²) in [6, 6.07) is 6.43. The van der Waals surface area contributed by atoms with Crippen LogP contribution >= 0.6 is 11.8 Å². The molecular weight excluding hydrogens is 268 g/mol. The highest BCUT2D eigenvalue weighted by molar-refractivity contribution is 8.07. The van der Waals surface area contributed by atoms with Gasteiger partial charge in [0.05, 0.1) is 11.4 Å². The van der Waals surface area contributed by atoms with Gasteiger partial charge in [-0.15, -0.1) is 11.8 Å². The second-order valence-electron chi connectivity index (χ2n) is 4.50. The van der Waals surface area contributed by atoms with Gasteiger partial charge in [-0.25, -0.2) is 9.97 Å². The molecule has 1 aromatic heterocycles. The van der Waals surface area contributed by atoms with Crippen molar-refractivity contribution in [2.45, 2.75) is 6.92 Å². The molecule has 5 heteroatoms. The molecule has 1 aliphatic rings. The summed E-state index contributed by atoms with van der Waals surface area (Å²) in [4.78, 5) is 12.1. The third kappa shape index (κ3) is 2.04. The van der Waals surface area contributed by atoms with E-state index >= 15 is 0 Å². The Bertz CT molecular complexity index is 681. The van der Waals surface area contributed by atoms with Crippen LogP contribution in [0.15, 0.2) is 36.7 Å². The zero-order chi connectivity index (χ0) is 14.1. The zero-order valence-corrected chi connectivity index (χ0v) is 12.5. The number of aromatic nitrogens is 2. The zero-order valence-electron chi connectivity index (χ0n) is 11.7. The second kappa shape index (κ2) is 5.17. The summed E-state index contributed by atoms with van der Waals surface area (Å²) < 4.78 is 0. The number of hydrogen-bond donors (Lipinski definition) is 1. The van der Waals surface area contributed by atoms with Crippen LogP contribution in [0.25, 0.3) is 4.91 Å². The Labute approximate surface area is 122 Å². The lowest BCUT2D eigenvalue weighted by molar-refractivity contribution is 1.07. The normalized spacial score (nSPS) is 13.6. The molecule has 0 spiro atoms. The summed E-state index contributed by atoms with van der Waals surface area (Å²) >= 11 is 1.75. The lowest BCUT2D eigenvalue weighted by atomic mass is 10.1. The van der Waals surface area contributed by atoms with Crippen LogP contribution in [0.1, 0.15) is 12.5 Å². The first-order valence-corrected chi connectivity index (χ1v) is 7.63. The predicted octanol–water partition coefficient (Wildman–Crippen LogP) is 4.03. The summed E-state index contributed by atoms with van der Waals surface area (Å²) in [7, 11) is 2.01. The van der Waals surface area contributed by atoms with Gasteiger partial charge in [0.25, 0.3) is 0 Å².